The summed E-state index contributed by atoms with van der Waals surface area (Å²) >= 11 is 0. The van der Waals surface area contributed by atoms with E-state index < -0.39 is 5.82 Å². The number of hydrogen-bond acceptors (Lipinski definition) is 7. The van der Waals surface area contributed by atoms with E-state index in [9.17, 15) is 9.18 Å². The lowest BCUT2D eigenvalue weighted by atomic mass is 10.1. The molecule has 1 aliphatic carbocycles. The number of nitrogens with one attached hydrogen (secondary N) is 2. The van der Waals surface area contributed by atoms with Crippen molar-refractivity contribution >= 4 is 22.5 Å². The number of aromatic nitrogens is 1. The fourth-order valence-corrected chi connectivity index (χ4v) is 4.60. The summed E-state index contributed by atoms with van der Waals surface area (Å²) < 4.78 is 32.4. The largest absolute Gasteiger partial charge is 0.493 e. The lowest BCUT2D eigenvalue weighted by Crippen LogP contribution is -2.43. The van der Waals surface area contributed by atoms with Crippen molar-refractivity contribution in [1.82, 2.24) is 15.2 Å². The number of anilines is 1. The third-order valence-corrected chi connectivity index (χ3v) is 6.94. The summed E-state index contributed by atoms with van der Waals surface area (Å²) in [6.45, 7) is 7.75. The molecule has 1 unspecified atom stereocenters. The minimum atomic E-state index is -0.567. The van der Waals surface area contributed by atoms with Crippen LogP contribution in [0.25, 0.3) is 10.9 Å². The van der Waals surface area contributed by atoms with Crippen molar-refractivity contribution in [2.75, 3.05) is 51.8 Å². The number of piperazine rings is 1. The molecule has 196 valence electrons. The summed E-state index contributed by atoms with van der Waals surface area (Å²) in [5.74, 6) is 1.41. The summed E-state index contributed by atoms with van der Waals surface area (Å²) in [6, 6.07) is 9.72. The molecular formula is C28H33FN4O4. The SMILES string of the molecule is COc1cc2c(Oc3ccc(NC(=O)[C@@H]4CC4C)cc3F)ccnc2cc1OCCCN1CCNCC1. The van der Waals surface area contributed by atoms with Crippen LogP contribution in [0.3, 0.4) is 0 Å². The predicted molar refractivity (Wildman–Crippen MR) is 140 cm³/mol. The summed E-state index contributed by atoms with van der Waals surface area (Å²) in [7, 11) is 1.58. The van der Waals surface area contributed by atoms with E-state index in [-0.39, 0.29) is 17.6 Å². The summed E-state index contributed by atoms with van der Waals surface area (Å²) in [4.78, 5) is 19.0. The molecule has 1 saturated carbocycles. The average molecular weight is 509 g/mol. The number of hydrogen-bond donors (Lipinski definition) is 2. The summed E-state index contributed by atoms with van der Waals surface area (Å²) in [5.41, 5.74) is 1.06. The van der Waals surface area contributed by atoms with E-state index in [0.29, 0.717) is 46.4 Å². The van der Waals surface area contributed by atoms with Gasteiger partial charge in [-0.05, 0) is 43.0 Å². The van der Waals surface area contributed by atoms with Gasteiger partial charge in [0.25, 0.3) is 0 Å². The number of nitrogens with zero attached hydrogens (tertiary/aromatic N) is 2. The number of carbonyl (C=O) groups is 1. The van der Waals surface area contributed by atoms with Gasteiger partial charge in [0.1, 0.15) is 5.75 Å². The van der Waals surface area contributed by atoms with E-state index in [0.717, 1.165) is 45.6 Å². The first kappa shape index (κ1) is 25.2. The van der Waals surface area contributed by atoms with E-state index in [1.54, 1.807) is 31.5 Å². The number of benzene rings is 2. The number of amides is 1. The maximum absolute atomic E-state index is 14.9. The molecule has 5 rings (SSSR count). The van der Waals surface area contributed by atoms with Gasteiger partial charge in [0.2, 0.25) is 5.91 Å². The second-order valence-corrected chi connectivity index (χ2v) is 9.68. The van der Waals surface area contributed by atoms with Crippen LogP contribution in [0, 0.1) is 17.7 Å². The van der Waals surface area contributed by atoms with E-state index in [2.05, 4.69) is 20.5 Å². The van der Waals surface area contributed by atoms with Gasteiger partial charge in [0, 0.05) is 68.0 Å². The Balaban J connectivity index is 1.27. The molecule has 2 aromatic carbocycles. The van der Waals surface area contributed by atoms with Crippen molar-refractivity contribution in [1.29, 1.82) is 0 Å². The van der Waals surface area contributed by atoms with Gasteiger partial charge in [0.05, 0.1) is 19.2 Å². The maximum atomic E-state index is 14.9. The Morgan fingerprint density at radius 3 is 2.68 bits per heavy atom. The average Bonchev–Trinajstić information content (AvgIpc) is 3.65. The first-order valence-corrected chi connectivity index (χ1v) is 12.8. The molecule has 8 nitrogen and oxygen atoms in total. The molecule has 1 amide bonds. The molecular weight excluding hydrogens is 475 g/mol. The molecule has 1 aliphatic heterocycles. The number of carbonyl (C=O) groups excluding carboxylic acids is 1. The van der Waals surface area contributed by atoms with Crippen LogP contribution in [-0.2, 0) is 4.79 Å². The topological polar surface area (TPSA) is 85.0 Å². The lowest BCUT2D eigenvalue weighted by Gasteiger charge is -2.27. The smallest absolute Gasteiger partial charge is 0.227 e. The molecule has 3 aromatic rings. The van der Waals surface area contributed by atoms with E-state index in [1.807, 2.05) is 13.0 Å². The Bertz CT molecular complexity index is 1260. The third-order valence-electron chi connectivity index (χ3n) is 6.94. The summed E-state index contributed by atoms with van der Waals surface area (Å²) in [5, 5.41) is 6.81. The van der Waals surface area contributed by atoms with Crippen molar-refractivity contribution in [3.8, 4) is 23.0 Å². The van der Waals surface area contributed by atoms with Crippen LogP contribution in [0.2, 0.25) is 0 Å². The van der Waals surface area contributed by atoms with Crippen LogP contribution in [-0.4, -0.2) is 62.2 Å². The first-order chi connectivity index (χ1) is 18.0. The first-order valence-electron chi connectivity index (χ1n) is 12.8. The number of methoxy groups -OCH3 is 1. The molecule has 2 atom stereocenters. The Morgan fingerprint density at radius 2 is 1.95 bits per heavy atom. The van der Waals surface area contributed by atoms with Crippen molar-refractivity contribution in [2.45, 2.75) is 19.8 Å². The number of rotatable bonds is 10. The van der Waals surface area contributed by atoms with Crippen molar-refractivity contribution < 1.29 is 23.4 Å². The van der Waals surface area contributed by atoms with Gasteiger partial charge < -0.3 is 29.7 Å². The Labute approximate surface area is 216 Å². The highest BCUT2D eigenvalue weighted by molar-refractivity contribution is 5.94. The Kier molecular flexibility index (Phi) is 7.71. The molecule has 2 N–H and O–H groups in total. The zero-order valence-electron chi connectivity index (χ0n) is 21.3. The molecule has 37 heavy (non-hydrogen) atoms. The van der Waals surface area contributed by atoms with Crippen molar-refractivity contribution in [2.24, 2.45) is 11.8 Å². The highest BCUT2D eigenvalue weighted by atomic mass is 19.1. The normalized spacial score (nSPS) is 19.4. The zero-order valence-corrected chi connectivity index (χ0v) is 21.3. The molecule has 2 heterocycles. The van der Waals surface area contributed by atoms with Crippen molar-refractivity contribution in [3.05, 3.63) is 48.4 Å². The summed E-state index contributed by atoms with van der Waals surface area (Å²) in [6.07, 6.45) is 3.39. The van der Waals surface area contributed by atoms with Crippen LogP contribution in [0.5, 0.6) is 23.0 Å². The van der Waals surface area contributed by atoms with Crippen molar-refractivity contribution in [3.63, 3.8) is 0 Å². The van der Waals surface area contributed by atoms with Gasteiger partial charge in [0.15, 0.2) is 23.1 Å². The van der Waals surface area contributed by atoms with Gasteiger partial charge in [-0.25, -0.2) is 4.39 Å². The quantitative estimate of drug-likeness (QED) is 0.392. The van der Waals surface area contributed by atoms with Gasteiger partial charge in [-0.1, -0.05) is 6.92 Å². The Hall–Kier alpha value is -3.43. The van der Waals surface area contributed by atoms with Gasteiger partial charge >= 0.3 is 0 Å². The number of halogens is 1. The molecule has 1 saturated heterocycles. The maximum Gasteiger partial charge on any atom is 0.227 e. The van der Waals surface area contributed by atoms with Crippen LogP contribution < -0.4 is 24.8 Å². The second kappa shape index (κ2) is 11.3. The molecule has 0 radical (unpaired) electrons. The van der Waals surface area contributed by atoms with E-state index in [1.165, 1.54) is 12.1 Å². The molecule has 0 bridgehead atoms. The fourth-order valence-electron chi connectivity index (χ4n) is 4.60. The van der Waals surface area contributed by atoms with Crippen LogP contribution in [0.1, 0.15) is 19.8 Å². The lowest BCUT2D eigenvalue weighted by molar-refractivity contribution is -0.117. The minimum absolute atomic E-state index is 0.0123. The highest BCUT2D eigenvalue weighted by Crippen LogP contribution is 2.39. The monoisotopic (exact) mass is 508 g/mol. The minimum Gasteiger partial charge on any atom is -0.493 e. The molecule has 2 aliphatic rings. The molecule has 2 fully saturated rings. The highest BCUT2D eigenvalue weighted by Gasteiger charge is 2.39. The number of pyridine rings is 1. The predicted octanol–water partition coefficient (Wildman–Crippen LogP) is 4.44. The van der Waals surface area contributed by atoms with Crippen LogP contribution in [0.4, 0.5) is 10.1 Å². The van der Waals surface area contributed by atoms with Crippen LogP contribution in [0.15, 0.2) is 42.6 Å². The third kappa shape index (κ3) is 6.11. The molecule has 1 aromatic heterocycles. The standard InChI is InChI=1S/C28H33FN4O4/c1-18-14-20(18)28(34)32-19-4-5-25(22(29)15-19)37-24-6-7-31-23-17-27(26(35-2)16-21(23)24)36-13-3-10-33-11-8-30-9-12-33/h4-7,15-18,20,30H,3,8-14H2,1-2H3,(H,32,34)/t18?,20-/m1/s1. The number of ether oxygens (including phenoxy) is 3. The van der Waals surface area contributed by atoms with E-state index in [4.69, 9.17) is 14.2 Å². The second-order valence-electron chi connectivity index (χ2n) is 9.68. The van der Waals surface area contributed by atoms with Gasteiger partial charge in [-0.3, -0.25) is 9.78 Å². The molecule has 9 heteroatoms. The Morgan fingerprint density at radius 1 is 1.14 bits per heavy atom. The number of fused-ring (bicyclic) bond motifs is 1. The van der Waals surface area contributed by atoms with Gasteiger partial charge in [-0.2, -0.15) is 0 Å². The van der Waals surface area contributed by atoms with Crippen LogP contribution >= 0.6 is 0 Å². The molecule has 0 spiro atoms. The zero-order chi connectivity index (χ0) is 25.8. The van der Waals surface area contributed by atoms with Gasteiger partial charge in [-0.15, -0.1) is 0 Å². The fraction of sp³-hybridized carbons (Fsp3) is 0.429. The van der Waals surface area contributed by atoms with E-state index >= 15 is 0 Å².